The van der Waals surface area contributed by atoms with Crippen molar-refractivity contribution in [1.29, 1.82) is 5.26 Å². The van der Waals surface area contributed by atoms with E-state index >= 15 is 0 Å². The van der Waals surface area contributed by atoms with Crippen LogP contribution in [0.1, 0.15) is 58.3 Å². The molecule has 0 aliphatic heterocycles. The van der Waals surface area contributed by atoms with Gasteiger partial charge in [0.2, 0.25) is 0 Å². The lowest BCUT2D eigenvalue weighted by molar-refractivity contribution is -0.137. The standard InChI is InChI=1S/C14H23NO2/c1-2-3-4-5-6-7-8-9-13-17-14(16)11-10-12-15/h10-11H,2-9,13H2,1H3/b11-10+. The summed E-state index contributed by atoms with van der Waals surface area (Å²) in [5, 5.41) is 8.20. The molecule has 0 bridgehead atoms. The van der Waals surface area contributed by atoms with Gasteiger partial charge in [0, 0.05) is 12.2 Å². The van der Waals surface area contributed by atoms with Gasteiger partial charge in [-0.3, -0.25) is 0 Å². The van der Waals surface area contributed by atoms with Gasteiger partial charge in [-0.05, 0) is 6.42 Å². The number of carbonyl (C=O) groups excluding carboxylic acids is 1. The molecule has 0 heterocycles. The second-order valence-electron chi connectivity index (χ2n) is 4.10. The summed E-state index contributed by atoms with van der Waals surface area (Å²) in [6, 6.07) is 1.75. The van der Waals surface area contributed by atoms with E-state index in [0.717, 1.165) is 25.0 Å². The van der Waals surface area contributed by atoms with E-state index < -0.39 is 5.97 Å². The fourth-order valence-corrected chi connectivity index (χ4v) is 1.56. The average molecular weight is 237 g/mol. The number of nitrogens with zero attached hydrogens (tertiary/aromatic N) is 1. The third-order valence-electron chi connectivity index (χ3n) is 2.54. The van der Waals surface area contributed by atoms with Crippen molar-refractivity contribution >= 4 is 5.97 Å². The van der Waals surface area contributed by atoms with E-state index in [1.54, 1.807) is 6.07 Å². The van der Waals surface area contributed by atoms with Gasteiger partial charge in [0.25, 0.3) is 0 Å². The van der Waals surface area contributed by atoms with Crippen LogP contribution in [0.15, 0.2) is 12.2 Å². The molecule has 0 atom stereocenters. The number of allylic oxidation sites excluding steroid dienone is 1. The number of nitriles is 1. The molecular weight excluding hydrogens is 214 g/mol. The van der Waals surface area contributed by atoms with Crippen molar-refractivity contribution in [2.75, 3.05) is 6.61 Å². The first kappa shape index (κ1) is 15.7. The van der Waals surface area contributed by atoms with E-state index in [-0.39, 0.29) is 0 Å². The average Bonchev–Trinajstić information content (AvgIpc) is 2.34. The summed E-state index contributed by atoms with van der Waals surface area (Å²) < 4.78 is 4.91. The number of carbonyl (C=O) groups is 1. The molecule has 96 valence electrons. The molecule has 0 aliphatic carbocycles. The summed E-state index contributed by atoms with van der Waals surface area (Å²) >= 11 is 0. The SMILES string of the molecule is CCCCCCCCCCOC(=O)/C=C/C#N. The first-order valence-corrected chi connectivity index (χ1v) is 6.54. The normalized spacial score (nSPS) is 10.4. The number of unbranched alkanes of at least 4 members (excludes halogenated alkanes) is 7. The molecule has 3 heteroatoms. The van der Waals surface area contributed by atoms with Crippen LogP contribution < -0.4 is 0 Å². The Hall–Kier alpha value is -1.30. The fraction of sp³-hybridized carbons (Fsp3) is 0.714. The summed E-state index contributed by atoms with van der Waals surface area (Å²) in [7, 11) is 0. The summed E-state index contributed by atoms with van der Waals surface area (Å²) in [6.45, 7) is 2.68. The molecule has 0 rings (SSSR count). The predicted molar refractivity (Wildman–Crippen MR) is 68.3 cm³/mol. The van der Waals surface area contributed by atoms with Gasteiger partial charge in [-0.25, -0.2) is 4.79 Å². The molecule has 0 aromatic heterocycles. The van der Waals surface area contributed by atoms with Crippen molar-refractivity contribution in [2.45, 2.75) is 58.3 Å². The second kappa shape index (κ2) is 12.8. The van der Waals surface area contributed by atoms with Crippen LogP contribution in [-0.4, -0.2) is 12.6 Å². The Balaban J connectivity index is 3.16. The van der Waals surface area contributed by atoms with Gasteiger partial charge in [-0.15, -0.1) is 0 Å². The molecule has 0 radical (unpaired) electrons. The highest BCUT2D eigenvalue weighted by molar-refractivity contribution is 5.82. The molecule has 0 unspecified atom stereocenters. The third kappa shape index (κ3) is 12.6. The number of ether oxygens (including phenoxy) is 1. The minimum absolute atomic E-state index is 0.422. The van der Waals surface area contributed by atoms with Gasteiger partial charge in [-0.1, -0.05) is 51.9 Å². The molecule has 0 aliphatic rings. The lowest BCUT2D eigenvalue weighted by Crippen LogP contribution is -2.02. The number of rotatable bonds is 10. The van der Waals surface area contributed by atoms with E-state index in [9.17, 15) is 4.79 Å². The lowest BCUT2D eigenvalue weighted by atomic mass is 10.1. The summed E-state index contributed by atoms with van der Waals surface area (Å²) in [5.74, 6) is -0.422. The zero-order valence-electron chi connectivity index (χ0n) is 10.8. The van der Waals surface area contributed by atoms with E-state index in [0.29, 0.717) is 6.61 Å². The van der Waals surface area contributed by atoms with Crippen LogP contribution in [0.2, 0.25) is 0 Å². The first-order valence-electron chi connectivity index (χ1n) is 6.54. The maximum absolute atomic E-state index is 10.9. The zero-order chi connectivity index (χ0) is 12.8. The number of hydrogen-bond donors (Lipinski definition) is 0. The van der Waals surface area contributed by atoms with Gasteiger partial charge >= 0.3 is 5.97 Å². The Morgan fingerprint density at radius 2 is 1.71 bits per heavy atom. The molecule has 0 fully saturated rings. The monoisotopic (exact) mass is 237 g/mol. The molecule has 0 aromatic carbocycles. The van der Waals surface area contributed by atoms with Gasteiger partial charge in [0.15, 0.2) is 0 Å². The zero-order valence-corrected chi connectivity index (χ0v) is 10.8. The number of esters is 1. The molecule has 0 N–H and O–H groups in total. The summed E-state index contributed by atoms with van der Waals surface area (Å²) in [4.78, 5) is 10.9. The van der Waals surface area contributed by atoms with Crippen molar-refractivity contribution in [3.63, 3.8) is 0 Å². The largest absolute Gasteiger partial charge is 0.463 e. The lowest BCUT2D eigenvalue weighted by Gasteiger charge is -2.02. The molecule has 0 amide bonds. The molecule has 0 aromatic rings. The minimum Gasteiger partial charge on any atom is -0.463 e. The van der Waals surface area contributed by atoms with Crippen molar-refractivity contribution in [2.24, 2.45) is 0 Å². The quantitative estimate of drug-likeness (QED) is 0.251. The molecular formula is C14H23NO2. The van der Waals surface area contributed by atoms with E-state index in [1.165, 1.54) is 38.5 Å². The van der Waals surface area contributed by atoms with Crippen LogP contribution in [0.25, 0.3) is 0 Å². The van der Waals surface area contributed by atoms with Gasteiger partial charge in [0.1, 0.15) is 0 Å². The Kier molecular flexibility index (Phi) is 11.8. The van der Waals surface area contributed by atoms with E-state index in [2.05, 4.69) is 6.92 Å². The van der Waals surface area contributed by atoms with E-state index in [4.69, 9.17) is 10.00 Å². The molecule has 0 saturated heterocycles. The molecule has 17 heavy (non-hydrogen) atoms. The Bertz CT molecular complexity index is 253. The van der Waals surface area contributed by atoms with Crippen LogP contribution in [-0.2, 0) is 9.53 Å². The Morgan fingerprint density at radius 3 is 2.29 bits per heavy atom. The highest BCUT2D eigenvalue weighted by atomic mass is 16.5. The van der Waals surface area contributed by atoms with Crippen LogP contribution in [0.4, 0.5) is 0 Å². The Labute approximate surface area is 104 Å². The highest BCUT2D eigenvalue weighted by Crippen LogP contribution is 2.08. The van der Waals surface area contributed by atoms with Gasteiger partial charge in [0.05, 0.1) is 12.7 Å². The minimum atomic E-state index is -0.422. The summed E-state index contributed by atoms with van der Waals surface area (Å²) in [6.07, 6.45) is 12.1. The maximum Gasteiger partial charge on any atom is 0.331 e. The van der Waals surface area contributed by atoms with Crippen LogP contribution in [0, 0.1) is 11.3 Å². The molecule has 0 saturated carbocycles. The van der Waals surface area contributed by atoms with Gasteiger partial charge < -0.3 is 4.74 Å². The van der Waals surface area contributed by atoms with Crippen molar-refractivity contribution in [3.8, 4) is 6.07 Å². The Morgan fingerprint density at radius 1 is 1.12 bits per heavy atom. The smallest absolute Gasteiger partial charge is 0.331 e. The fourth-order valence-electron chi connectivity index (χ4n) is 1.56. The molecule has 3 nitrogen and oxygen atoms in total. The van der Waals surface area contributed by atoms with Crippen molar-refractivity contribution in [3.05, 3.63) is 12.2 Å². The van der Waals surface area contributed by atoms with E-state index in [1.807, 2.05) is 0 Å². The van der Waals surface area contributed by atoms with Crippen molar-refractivity contribution < 1.29 is 9.53 Å². The number of hydrogen-bond acceptors (Lipinski definition) is 3. The van der Waals surface area contributed by atoms with Crippen LogP contribution in [0.3, 0.4) is 0 Å². The van der Waals surface area contributed by atoms with Gasteiger partial charge in [-0.2, -0.15) is 5.26 Å². The highest BCUT2D eigenvalue weighted by Gasteiger charge is 1.96. The molecule has 0 spiro atoms. The van der Waals surface area contributed by atoms with Crippen LogP contribution >= 0.6 is 0 Å². The van der Waals surface area contributed by atoms with Crippen molar-refractivity contribution in [1.82, 2.24) is 0 Å². The second-order valence-corrected chi connectivity index (χ2v) is 4.10. The third-order valence-corrected chi connectivity index (χ3v) is 2.54. The topological polar surface area (TPSA) is 50.1 Å². The maximum atomic E-state index is 10.9. The first-order chi connectivity index (χ1) is 8.31. The summed E-state index contributed by atoms with van der Waals surface area (Å²) in [5.41, 5.74) is 0. The predicted octanol–water partition coefficient (Wildman–Crippen LogP) is 3.75. The van der Waals surface area contributed by atoms with Crippen LogP contribution in [0.5, 0.6) is 0 Å².